The molecule has 0 aliphatic carbocycles. The van der Waals surface area contributed by atoms with Crippen LogP contribution in [0, 0.1) is 5.82 Å². The van der Waals surface area contributed by atoms with Crippen LogP contribution in [0.1, 0.15) is 20.7 Å². The second-order valence-corrected chi connectivity index (χ2v) is 5.21. The van der Waals surface area contributed by atoms with Crippen molar-refractivity contribution in [3.8, 4) is 17.2 Å². The van der Waals surface area contributed by atoms with E-state index in [-0.39, 0.29) is 11.3 Å². The predicted octanol–water partition coefficient (Wildman–Crippen LogP) is 2.65. The van der Waals surface area contributed by atoms with Crippen LogP contribution in [0.25, 0.3) is 0 Å². The molecule has 25 heavy (non-hydrogen) atoms. The van der Waals surface area contributed by atoms with Crippen molar-refractivity contribution in [1.29, 1.82) is 0 Å². The molecule has 3 rings (SSSR count). The number of rotatable bonds is 5. The molecule has 0 radical (unpaired) electrons. The Bertz CT molecular complexity index is 817. The number of methoxy groups -OCH3 is 1. The zero-order valence-corrected chi connectivity index (χ0v) is 13.4. The van der Waals surface area contributed by atoms with Gasteiger partial charge in [-0.2, -0.15) is 0 Å². The Morgan fingerprint density at radius 3 is 2.48 bits per heavy atom. The Kier molecular flexibility index (Phi) is 4.83. The molecule has 1 aliphatic heterocycles. The highest BCUT2D eigenvalue weighted by Gasteiger charge is 2.17. The van der Waals surface area contributed by atoms with E-state index >= 15 is 0 Å². The van der Waals surface area contributed by atoms with Crippen LogP contribution < -0.4 is 14.2 Å². The highest BCUT2D eigenvalue weighted by Crippen LogP contribution is 2.30. The van der Waals surface area contributed by atoms with Gasteiger partial charge >= 0.3 is 5.97 Å². The quantitative estimate of drug-likeness (QED) is 0.612. The predicted molar refractivity (Wildman–Crippen MR) is 85.0 cm³/mol. The van der Waals surface area contributed by atoms with Crippen LogP contribution in [0.4, 0.5) is 4.39 Å². The molecule has 1 heterocycles. The van der Waals surface area contributed by atoms with Crippen molar-refractivity contribution >= 4 is 11.8 Å². The van der Waals surface area contributed by atoms with Crippen LogP contribution >= 0.6 is 0 Å². The lowest BCUT2D eigenvalue weighted by Gasteiger charge is -2.18. The summed E-state index contributed by atoms with van der Waals surface area (Å²) in [5, 5.41) is 0. The molecule has 0 spiro atoms. The molecule has 0 unspecified atom stereocenters. The molecule has 7 heteroatoms. The van der Waals surface area contributed by atoms with Crippen LogP contribution in [0.2, 0.25) is 0 Å². The van der Waals surface area contributed by atoms with E-state index in [0.717, 1.165) is 6.07 Å². The number of carbonyl (C=O) groups is 2. The van der Waals surface area contributed by atoms with Crippen molar-refractivity contribution < 1.29 is 32.9 Å². The Balaban J connectivity index is 1.64. The van der Waals surface area contributed by atoms with Gasteiger partial charge in [0.2, 0.25) is 0 Å². The van der Waals surface area contributed by atoms with Gasteiger partial charge in [0, 0.05) is 5.56 Å². The molecule has 0 atom stereocenters. The summed E-state index contributed by atoms with van der Waals surface area (Å²) in [7, 11) is 1.32. The first-order valence-corrected chi connectivity index (χ1v) is 7.52. The van der Waals surface area contributed by atoms with Crippen LogP contribution in [0.15, 0.2) is 36.4 Å². The largest absolute Gasteiger partial charge is 0.494 e. The van der Waals surface area contributed by atoms with Crippen molar-refractivity contribution in [2.75, 3.05) is 26.9 Å². The molecule has 6 nitrogen and oxygen atoms in total. The third-order valence-electron chi connectivity index (χ3n) is 3.59. The maximum atomic E-state index is 13.6. The van der Waals surface area contributed by atoms with Gasteiger partial charge in [-0.25, -0.2) is 9.18 Å². The molecule has 0 amide bonds. The van der Waals surface area contributed by atoms with Crippen molar-refractivity contribution in [3.05, 3.63) is 53.3 Å². The summed E-state index contributed by atoms with van der Waals surface area (Å²) >= 11 is 0. The fraction of sp³-hybridized carbons (Fsp3) is 0.222. The monoisotopic (exact) mass is 346 g/mol. The lowest BCUT2D eigenvalue weighted by molar-refractivity contribution is 0.0474. The highest BCUT2D eigenvalue weighted by atomic mass is 19.1. The van der Waals surface area contributed by atoms with E-state index in [0.29, 0.717) is 30.3 Å². The Hall–Kier alpha value is -3.09. The fourth-order valence-electron chi connectivity index (χ4n) is 2.31. The first-order chi connectivity index (χ1) is 12.1. The molecular formula is C18H15FO6. The Morgan fingerprint density at radius 1 is 1.04 bits per heavy atom. The van der Waals surface area contributed by atoms with E-state index in [9.17, 15) is 14.0 Å². The number of hydrogen-bond acceptors (Lipinski definition) is 6. The van der Waals surface area contributed by atoms with Gasteiger partial charge in [-0.15, -0.1) is 0 Å². The van der Waals surface area contributed by atoms with Gasteiger partial charge in [-0.05, 0) is 36.4 Å². The minimum absolute atomic E-state index is 0.00623. The lowest BCUT2D eigenvalue weighted by Crippen LogP contribution is -2.17. The number of Topliss-reactive ketones (excluding diaryl/α,β-unsaturated/α-hetero) is 1. The number of fused-ring (bicyclic) bond motifs is 1. The van der Waals surface area contributed by atoms with Crippen molar-refractivity contribution in [3.63, 3.8) is 0 Å². The van der Waals surface area contributed by atoms with E-state index in [1.165, 1.54) is 25.3 Å². The van der Waals surface area contributed by atoms with E-state index < -0.39 is 24.2 Å². The Labute approximate surface area is 143 Å². The minimum atomic E-state index is -0.799. The average Bonchev–Trinajstić information content (AvgIpc) is 2.65. The molecule has 0 fully saturated rings. The number of benzene rings is 2. The number of halogens is 1. The Morgan fingerprint density at radius 2 is 1.76 bits per heavy atom. The summed E-state index contributed by atoms with van der Waals surface area (Å²) in [6.45, 7) is 0.394. The number of hydrogen-bond donors (Lipinski definition) is 0. The maximum Gasteiger partial charge on any atom is 0.338 e. The summed E-state index contributed by atoms with van der Waals surface area (Å²) in [5.41, 5.74) is 0.325. The first-order valence-electron chi connectivity index (χ1n) is 7.52. The zero-order chi connectivity index (χ0) is 17.8. The fourth-order valence-corrected chi connectivity index (χ4v) is 2.31. The van der Waals surface area contributed by atoms with Crippen molar-refractivity contribution in [1.82, 2.24) is 0 Å². The van der Waals surface area contributed by atoms with Crippen molar-refractivity contribution in [2.45, 2.75) is 0 Å². The van der Waals surface area contributed by atoms with Crippen LogP contribution in [-0.4, -0.2) is 38.7 Å². The molecule has 0 saturated heterocycles. The van der Waals surface area contributed by atoms with Gasteiger partial charge in [0.15, 0.2) is 35.5 Å². The number of ketones is 1. The second kappa shape index (κ2) is 7.21. The topological polar surface area (TPSA) is 71.1 Å². The molecule has 2 aromatic carbocycles. The standard InChI is InChI=1S/C18H15FO6/c1-22-15-4-3-12(8-13(15)19)18(21)25-10-14(20)11-2-5-16-17(9-11)24-7-6-23-16/h2-5,8-9H,6-7,10H2,1H3. The molecule has 0 saturated carbocycles. The highest BCUT2D eigenvalue weighted by molar-refractivity contribution is 5.99. The minimum Gasteiger partial charge on any atom is -0.494 e. The summed E-state index contributed by atoms with van der Waals surface area (Å²) in [4.78, 5) is 24.1. The summed E-state index contributed by atoms with van der Waals surface area (Å²) in [5.74, 6) is -0.833. The second-order valence-electron chi connectivity index (χ2n) is 5.21. The maximum absolute atomic E-state index is 13.6. The van der Waals surface area contributed by atoms with Crippen LogP contribution in [0.5, 0.6) is 17.2 Å². The number of carbonyl (C=O) groups excluding carboxylic acids is 2. The molecule has 130 valence electrons. The third kappa shape index (κ3) is 3.71. The van der Waals surface area contributed by atoms with Gasteiger partial charge in [0.05, 0.1) is 12.7 Å². The summed E-state index contributed by atoms with van der Waals surface area (Å²) in [6.07, 6.45) is 0. The van der Waals surface area contributed by atoms with Gasteiger partial charge in [0.1, 0.15) is 13.2 Å². The molecule has 1 aliphatic rings. The van der Waals surface area contributed by atoms with E-state index in [4.69, 9.17) is 18.9 Å². The number of ether oxygens (including phenoxy) is 4. The van der Waals surface area contributed by atoms with Crippen LogP contribution in [0.3, 0.4) is 0 Å². The molecule has 0 aromatic heterocycles. The average molecular weight is 346 g/mol. The lowest BCUT2D eigenvalue weighted by atomic mass is 10.1. The van der Waals surface area contributed by atoms with Gasteiger partial charge in [0.25, 0.3) is 0 Å². The van der Waals surface area contributed by atoms with Gasteiger partial charge in [-0.1, -0.05) is 0 Å². The SMILES string of the molecule is COc1ccc(C(=O)OCC(=O)c2ccc3c(c2)OCCO3)cc1F. The van der Waals surface area contributed by atoms with Crippen LogP contribution in [-0.2, 0) is 4.74 Å². The molecule has 2 aromatic rings. The van der Waals surface area contributed by atoms with E-state index in [1.54, 1.807) is 12.1 Å². The summed E-state index contributed by atoms with van der Waals surface area (Å²) in [6, 6.07) is 8.40. The first kappa shape index (κ1) is 16.8. The zero-order valence-electron chi connectivity index (χ0n) is 13.4. The van der Waals surface area contributed by atoms with E-state index in [2.05, 4.69) is 0 Å². The molecule has 0 N–H and O–H groups in total. The van der Waals surface area contributed by atoms with E-state index in [1.807, 2.05) is 0 Å². The smallest absolute Gasteiger partial charge is 0.338 e. The molecule has 0 bridgehead atoms. The summed E-state index contributed by atoms with van der Waals surface area (Å²) < 4.78 is 34.1. The van der Waals surface area contributed by atoms with Crippen molar-refractivity contribution in [2.24, 2.45) is 0 Å². The van der Waals surface area contributed by atoms with Gasteiger partial charge in [-0.3, -0.25) is 4.79 Å². The molecular weight excluding hydrogens is 331 g/mol. The number of esters is 1. The van der Waals surface area contributed by atoms with Gasteiger partial charge < -0.3 is 18.9 Å². The normalized spacial score (nSPS) is 12.4. The third-order valence-corrected chi connectivity index (χ3v) is 3.59.